The summed E-state index contributed by atoms with van der Waals surface area (Å²) in [6.07, 6.45) is 5.79. The first kappa shape index (κ1) is 14.3. The zero-order valence-corrected chi connectivity index (χ0v) is 12.0. The Morgan fingerprint density at radius 1 is 1.26 bits per heavy atom. The van der Waals surface area contributed by atoms with Crippen molar-refractivity contribution in [1.29, 1.82) is 0 Å². The molecule has 106 valence electrons. The van der Waals surface area contributed by atoms with Crippen molar-refractivity contribution in [2.75, 3.05) is 22.9 Å². The van der Waals surface area contributed by atoms with Crippen molar-refractivity contribution in [2.24, 2.45) is 0 Å². The molecule has 1 saturated carbocycles. The van der Waals surface area contributed by atoms with Crippen LogP contribution in [0, 0.1) is 5.82 Å². The maximum Gasteiger partial charge on any atom is 0.169 e. The van der Waals surface area contributed by atoms with Crippen molar-refractivity contribution >= 4 is 28.7 Å². The smallest absolute Gasteiger partial charge is 0.169 e. The van der Waals surface area contributed by atoms with Gasteiger partial charge in [0.2, 0.25) is 0 Å². The predicted molar refractivity (Wildman–Crippen MR) is 80.1 cm³/mol. The Hall–Kier alpha value is -1.16. The van der Waals surface area contributed by atoms with E-state index in [-0.39, 0.29) is 10.7 Å². The SMILES string of the molecule is CCN(c1c(N)cc(N)c(Cl)c1F)C1CCCCC1. The van der Waals surface area contributed by atoms with Crippen LogP contribution in [0.15, 0.2) is 6.07 Å². The number of rotatable bonds is 3. The fourth-order valence-electron chi connectivity index (χ4n) is 2.94. The van der Waals surface area contributed by atoms with Crippen LogP contribution in [0.5, 0.6) is 0 Å². The number of hydrogen-bond acceptors (Lipinski definition) is 3. The third kappa shape index (κ3) is 2.73. The largest absolute Gasteiger partial charge is 0.397 e. The fourth-order valence-corrected chi connectivity index (χ4v) is 3.08. The van der Waals surface area contributed by atoms with Gasteiger partial charge in [-0.3, -0.25) is 0 Å². The number of nitrogen functional groups attached to an aromatic ring is 2. The number of halogens is 2. The van der Waals surface area contributed by atoms with Crippen LogP contribution >= 0.6 is 11.6 Å². The molecule has 19 heavy (non-hydrogen) atoms. The maximum atomic E-state index is 14.4. The van der Waals surface area contributed by atoms with Crippen LogP contribution in [0.3, 0.4) is 0 Å². The third-order valence-electron chi connectivity index (χ3n) is 3.88. The Bertz CT molecular complexity index is 458. The first-order chi connectivity index (χ1) is 9.06. The van der Waals surface area contributed by atoms with Crippen molar-refractivity contribution in [2.45, 2.75) is 45.1 Å². The van der Waals surface area contributed by atoms with Gasteiger partial charge in [-0.1, -0.05) is 30.9 Å². The first-order valence-electron chi connectivity index (χ1n) is 6.85. The minimum atomic E-state index is -0.494. The van der Waals surface area contributed by atoms with Crippen molar-refractivity contribution in [3.05, 3.63) is 16.9 Å². The topological polar surface area (TPSA) is 55.3 Å². The minimum absolute atomic E-state index is 0.0292. The molecule has 0 unspecified atom stereocenters. The van der Waals surface area contributed by atoms with Gasteiger partial charge in [0.05, 0.1) is 17.1 Å². The molecule has 2 rings (SSSR count). The van der Waals surface area contributed by atoms with Gasteiger partial charge in [0, 0.05) is 12.6 Å². The number of hydrogen-bond donors (Lipinski definition) is 2. The molecule has 0 saturated heterocycles. The average Bonchev–Trinajstić information content (AvgIpc) is 2.42. The molecule has 1 aromatic rings. The lowest BCUT2D eigenvalue weighted by Gasteiger charge is -2.36. The van der Waals surface area contributed by atoms with Crippen LogP contribution in [-0.4, -0.2) is 12.6 Å². The summed E-state index contributed by atoms with van der Waals surface area (Å²) in [5.41, 5.74) is 12.6. The average molecular weight is 286 g/mol. The predicted octanol–water partition coefficient (Wildman–Crippen LogP) is 3.80. The molecule has 4 N–H and O–H groups in total. The molecule has 0 radical (unpaired) electrons. The number of nitrogens with two attached hydrogens (primary N) is 2. The number of anilines is 3. The summed E-state index contributed by atoms with van der Waals surface area (Å²) in [5.74, 6) is -0.494. The Morgan fingerprint density at radius 2 is 1.89 bits per heavy atom. The van der Waals surface area contributed by atoms with E-state index in [4.69, 9.17) is 23.1 Å². The maximum absolute atomic E-state index is 14.4. The second kappa shape index (κ2) is 5.87. The zero-order valence-electron chi connectivity index (χ0n) is 11.3. The summed E-state index contributed by atoms with van der Waals surface area (Å²) in [6, 6.07) is 1.89. The van der Waals surface area contributed by atoms with Crippen LogP contribution in [0.1, 0.15) is 39.0 Å². The summed E-state index contributed by atoms with van der Waals surface area (Å²) in [6.45, 7) is 2.73. The van der Waals surface area contributed by atoms with E-state index in [2.05, 4.69) is 0 Å². The molecule has 5 heteroatoms. The van der Waals surface area contributed by atoms with Crippen molar-refractivity contribution in [1.82, 2.24) is 0 Å². The van der Waals surface area contributed by atoms with Gasteiger partial charge in [0.25, 0.3) is 0 Å². The monoisotopic (exact) mass is 285 g/mol. The molecule has 1 fully saturated rings. The standard InChI is InChI=1S/C14H21ClFN3/c1-2-19(9-6-4-3-5-7-9)14-11(18)8-10(17)12(15)13(14)16/h8-9H,2-7,17-18H2,1H3. The normalized spacial score (nSPS) is 16.6. The van der Waals surface area contributed by atoms with Crippen molar-refractivity contribution in [3.63, 3.8) is 0 Å². The van der Waals surface area contributed by atoms with Gasteiger partial charge in [-0.15, -0.1) is 0 Å². The Labute approximate surface area is 118 Å². The van der Waals surface area contributed by atoms with E-state index in [1.807, 2.05) is 11.8 Å². The van der Waals surface area contributed by atoms with Gasteiger partial charge < -0.3 is 16.4 Å². The summed E-state index contributed by atoms with van der Waals surface area (Å²) in [5, 5.41) is -0.0292. The van der Waals surface area contributed by atoms with Gasteiger partial charge in [0.15, 0.2) is 5.82 Å². The van der Waals surface area contributed by atoms with E-state index >= 15 is 0 Å². The molecule has 3 nitrogen and oxygen atoms in total. The highest BCUT2D eigenvalue weighted by molar-refractivity contribution is 6.33. The van der Waals surface area contributed by atoms with E-state index < -0.39 is 5.82 Å². The molecular weight excluding hydrogens is 265 g/mol. The quantitative estimate of drug-likeness (QED) is 0.831. The van der Waals surface area contributed by atoms with Crippen molar-refractivity contribution in [3.8, 4) is 0 Å². The van der Waals surface area contributed by atoms with E-state index in [0.717, 1.165) is 12.8 Å². The van der Waals surface area contributed by atoms with Gasteiger partial charge in [-0.2, -0.15) is 0 Å². The Balaban J connectivity index is 2.40. The van der Waals surface area contributed by atoms with Crippen molar-refractivity contribution < 1.29 is 4.39 Å². The zero-order chi connectivity index (χ0) is 14.0. The van der Waals surface area contributed by atoms with Gasteiger partial charge >= 0.3 is 0 Å². The molecule has 0 heterocycles. The summed E-state index contributed by atoms with van der Waals surface area (Å²) in [4.78, 5) is 2.04. The van der Waals surface area contributed by atoms with Crippen LogP contribution in [-0.2, 0) is 0 Å². The van der Waals surface area contributed by atoms with E-state index in [9.17, 15) is 4.39 Å². The Kier molecular flexibility index (Phi) is 4.40. The van der Waals surface area contributed by atoms with Crippen LogP contribution in [0.4, 0.5) is 21.5 Å². The lowest BCUT2D eigenvalue weighted by molar-refractivity contribution is 0.415. The summed E-state index contributed by atoms with van der Waals surface area (Å²) >= 11 is 5.91. The first-order valence-corrected chi connectivity index (χ1v) is 7.23. The molecule has 0 aromatic heterocycles. The highest BCUT2D eigenvalue weighted by Crippen LogP contribution is 2.38. The highest BCUT2D eigenvalue weighted by Gasteiger charge is 2.26. The van der Waals surface area contributed by atoms with Gasteiger partial charge in [-0.25, -0.2) is 4.39 Å². The number of nitrogens with zero attached hydrogens (tertiary/aromatic N) is 1. The Morgan fingerprint density at radius 3 is 2.47 bits per heavy atom. The minimum Gasteiger partial charge on any atom is -0.397 e. The lowest BCUT2D eigenvalue weighted by atomic mass is 9.93. The molecule has 0 atom stereocenters. The molecule has 0 amide bonds. The molecular formula is C14H21ClFN3. The van der Waals surface area contributed by atoms with Crippen LogP contribution < -0.4 is 16.4 Å². The highest BCUT2D eigenvalue weighted by atomic mass is 35.5. The summed E-state index contributed by atoms with van der Waals surface area (Å²) in [7, 11) is 0. The molecule has 0 aliphatic heterocycles. The van der Waals surface area contributed by atoms with E-state index in [0.29, 0.717) is 24.0 Å². The van der Waals surface area contributed by atoms with Crippen LogP contribution in [0.2, 0.25) is 5.02 Å². The molecule has 0 spiro atoms. The fraction of sp³-hybridized carbons (Fsp3) is 0.571. The van der Waals surface area contributed by atoms with Crippen LogP contribution in [0.25, 0.3) is 0 Å². The van der Waals surface area contributed by atoms with Gasteiger partial charge in [-0.05, 0) is 25.8 Å². The summed E-state index contributed by atoms with van der Waals surface area (Å²) < 4.78 is 14.4. The third-order valence-corrected chi connectivity index (χ3v) is 4.27. The van der Waals surface area contributed by atoms with E-state index in [1.165, 1.54) is 19.3 Å². The molecule has 0 bridgehead atoms. The van der Waals surface area contributed by atoms with E-state index in [1.54, 1.807) is 6.07 Å². The molecule has 1 aromatic carbocycles. The molecule has 1 aliphatic rings. The second-order valence-electron chi connectivity index (χ2n) is 5.11. The lowest BCUT2D eigenvalue weighted by Crippen LogP contribution is -2.37. The molecule has 1 aliphatic carbocycles. The van der Waals surface area contributed by atoms with Gasteiger partial charge in [0.1, 0.15) is 5.02 Å². The second-order valence-corrected chi connectivity index (χ2v) is 5.49. The number of benzene rings is 1.